The van der Waals surface area contributed by atoms with E-state index in [1.54, 1.807) is 22.9 Å². The van der Waals surface area contributed by atoms with Gasteiger partial charge in [0.25, 0.3) is 0 Å². The Balaban J connectivity index is 2.43. The Morgan fingerprint density at radius 2 is 2.00 bits per heavy atom. The third kappa shape index (κ3) is 2.45. The maximum Gasteiger partial charge on any atom is 0.335 e. The summed E-state index contributed by atoms with van der Waals surface area (Å²) < 4.78 is 1.80. The quantitative estimate of drug-likeness (QED) is 0.889. The van der Waals surface area contributed by atoms with Crippen molar-refractivity contribution in [1.82, 2.24) is 9.78 Å². The molecule has 0 radical (unpaired) electrons. The minimum atomic E-state index is -0.928. The molecule has 0 atom stereocenters. The highest BCUT2D eigenvalue weighted by molar-refractivity contribution is 5.89. The Labute approximate surface area is 111 Å². The molecule has 1 heterocycles. The molecule has 2 aromatic rings. The largest absolute Gasteiger partial charge is 0.478 e. The maximum atomic E-state index is 11.0. The van der Waals surface area contributed by atoms with Crippen molar-refractivity contribution in [2.45, 2.75) is 20.8 Å². The monoisotopic (exact) mass is 259 g/mol. The van der Waals surface area contributed by atoms with Crippen LogP contribution in [0.5, 0.6) is 0 Å². The highest BCUT2D eigenvalue weighted by Gasteiger charge is 2.12. The second-order valence-corrected chi connectivity index (χ2v) is 4.63. The molecule has 1 aromatic carbocycles. The Kier molecular flexibility index (Phi) is 3.29. The van der Waals surface area contributed by atoms with Crippen LogP contribution in [0.1, 0.15) is 27.3 Å². The third-order valence-electron chi connectivity index (χ3n) is 3.25. The fraction of sp³-hybridized carbons (Fsp3) is 0.286. The van der Waals surface area contributed by atoms with E-state index in [-0.39, 0.29) is 5.56 Å². The van der Waals surface area contributed by atoms with Gasteiger partial charge in [0.05, 0.1) is 22.6 Å². The first-order chi connectivity index (χ1) is 8.90. The van der Waals surface area contributed by atoms with Crippen LogP contribution >= 0.6 is 0 Å². The highest BCUT2D eigenvalue weighted by atomic mass is 16.4. The van der Waals surface area contributed by atoms with Crippen molar-refractivity contribution in [3.63, 3.8) is 0 Å². The van der Waals surface area contributed by atoms with Crippen LogP contribution < -0.4 is 5.32 Å². The van der Waals surface area contributed by atoms with Gasteiger partial charge in [0.1, 0.15) is 0 Å². The summed E-state index contributed by atoms with van der Waals surface area (Å²) in [4.78, 5) is 11.0. The molecular formula is C14H17N3O2. The summed E-state index contributed by atoms with van der Waals surface area (Å²) >= 11 is 0. The van der Waals surface area contributed by atoms with Crippen molar-refractivity contribution < 1.29 is 9.90 Å². The van der Waals surface area contributed by atoms with E-state index in [4.69, 9.17) is 5.11 Å². The average Bonchev–Trinajstić information content (AvgIpc) is 2.58. The molecule has 0 saturated heterocycles. The summed E-state index contributed by atoms with van der Waals surface area (Å²) in [5, 5.41) is 16.6. The Hall–Kier alpha value is -2.30. The van der Waals surface area contributed by atoms with Gasteiger partial charge in [-0.1, -0.05) is 6.07 Å². The first-order valence-electron chi connectivity index (χ1n) is 6.01. The van der Waals surface area contributed by atoms with Gasteiger partial charge < -0.3 is 10.4 Å². The number of carbonyl (C=O) groups is 1. The number of carboxylic acid groups (broad SMARTS) is 1. The van der Waals surface area contributed by atoms with Gasteiger partial charge in [-0.3, -0.25) is 4.68 Å². The van der Waals surface area contributed by atoms with E-state index in [0.29, 0.717) is 0 Å². The molecule has 2 rings (SSSR count). The standard InChI is InChI=1S/C14H17N3O2/c1-8-5-6-11(14(18)19)7-12(8)15-13-9(2)16-17(4)10(13)3/h5-7,15H,1-4H3,(H,18,19). The van der Waals surface area contributed by atoms with Gasteiger partial charge in [-0.15, -0.1) is 0 Å². The lowest BCUT2D eigenvalue weighted by atomic mass is 10.1. The van der Waals surface area contributed by atoms with Gasteiger partial charge in [0.15, 0.2) is 0 Å². The summed E-state index contributed by atoms with van der Waals surface area (Å²) in [6, 6.07) is 5.04. The molecule has 5 heteroatoms. The smallest absolute Gasteiger partial charge is 0.335 e. The van der Waals surface area contributed by atoms with Crippen molar-refractivity contribution in [3.05, 3.63) is 40.7 Å². The van der Waals surface area contributed by atoms with E-state index in [9.17, 15) is 4.79 Å². The molecule has 100 valence electrons. The summed E-state index contributed by atoms with van der Waals surface area (Å²) in [5.74, 6) is -0.928. The molecule has 5 nitrogen and oxygen atoms in total. The van der Waals surface area contributed by atoms with Gasteiger partial charge in [-0.2, -0.15) is 5.10 Å². The minimum absolute atomic E-state index is 0.271. The Morgan fingerprint density at radius 3 is 2.53 bits per heavy atom. The normalized spacial score (nSPS) is 10.5. The van der Waals surface area contributed by atoms with Crippen molar-refractivity contribution in [1.29, 1.82) is 0 Å². The number of rotatable bonds is 3. The molecule has 0 unspecified atom stereocenters. The van der Waals surface area contributed by atoms with Crippen LogP contribution in [-0.4, -0.2) is 20.9 Å². The zero-order valence-corrected chi connectivity index (χ0v) is 11.5. The van der Waals surface area contributed by atoms with Gasteiger partial charge >= 0.3 is 5.97 Å². The van der Waals surface area contributed by atoms with Crippen molar-refractivity contribution in [3.8, 4) is 0 Å². The second-order valence-electron chi connectivity index (χ2n) is 4.63. The van der Waals surface area contributed by atoms with E-state index < -0.39 is 5.97 Å². The highest BCUT2D eigenvalue weighted by Crippen LogP contribution is 2.26. The van der Waals surface area contributed by atoms with Crippen LogP contribution in [0.15, 0.2) is 18.2 Å². The number of aromatic carboxylic acids is 1. The third-order valence-corrected chi connectivity index (χ3v) is 3.25. The van der Waals surface area contributed by atoms with Crippen LogP contribution in [0.25, 0.3) is 0 Å². The fourth-order valence-corrected chi connectivity index (χ4v) is 1.98. The van der Waals surface area contributed by atoms with Crippen LogP contribution in [0, 0.1) is 20.8 Å². The number of carboxylic acids is 1. The van der Waals surface area contributed by atoms with Gasteiger partial charge in [-0.05, 0) is 38.5 Å². The van der Waals surface area contributed by atoms with Crippen LogP contribution in [0.2, 0.25) is 0 Å². The van der Waals surface area contributed by atoms with E-state index in [2.05, 4.69) is 10.4 Å². The maximum absolute atomic E-state index is 11.0. The Bertz CT molecular complexity index is 644. The Morgan fingerprint density at radius 1 is 1.32 bits per heavy atom. The zero-order valence-electron chi connectivity index (χ0n) is 11.5. The second kappa shape index (κ2) is 4.76. The lowest BCUT2D eigenvalue weighted by molar-refractivity contribution is 0.0697. The molecule has 1 aromatic heterocycles. The first kappa shape index (κ1) is 13.1. The fourth-order valence-electron chi connectivity index (χ4n) is 1.98. The van der Waals surface area contributed by atoms with E-state index in [1.807, 2.05) is 27.8 Å². The van der Waals surface area contributed by atoms with Crippen molar-refractivity contribution in [2.24, 2.45) is 7.05 Å². The van der Waals surface area contributed by atoms with Gasteiger partial charge in [0, 0.05) is 12.7 Å². The predicted octanol–water partition coefficient (Wildman–Crippen LogP) is 2.79. The molecule has 0 bridgehead atoms. The van der Waals surface area contributed by atoms with Gasteiger partial charge in [-0.25, -0.2) is 4.79 Å². The van der Waals surface area contributed by atoms with Gasteiger partial charge in [0.2, 0.25) is 0 Å². The van der Waals surface area contributed by atoms with Crippen LogP contribution in [-0.2, 0) is 7.05 Å². The number of aromatic nitrogens is 2. The number of benzene rings is 1. The lowest BCUT2D eigenvalue weighted by Crippen LogP contribution is -2.01. The van der Waals surface area contributed by atoms with Crippen molar-refractivity contribution in [2.75, 3.05) is 5.32 Å². The number of nitrogens with one attached hydrogen (secondary N) is 1. The van der Waals surface area contributed by atoms with Crippen LogP contribution in [0.4, 0.5) is 11.4 Å². The first-order valence-corrected chi connectivity index (χ1v) is 6.01. The molecule has 0 aliphatic heterocycles. The summed E-state index contributed by atoms with van der Waals surface area (Å²) in [5.41, 5.74) is 4.88. The van der Waals surface area contributed by atoms with Crippen molar-refractivity contribution >= 4 is 17.3 Å². The average molecular weight is 259 g/mol. The number of anilines is 2. The number of aryl methyl sites for hydroxylation is 3. The number of nitrogens with zero attached hydrogens (tertiary/aromatic N) is 2. The molecule has 0 fully saturated rings. The predicted molar refractivity (Wildman–Crippen MR) is 74.1 cm³/mol. The SMILES string of the molecule is Cc1ccc(C(=O)O)cc1Nc1c(C)nn(C)c1C. The molecule has 2 N–H and O–H groups in total. The van der Waals surface area contributed by atoms with Crippen LogP contribution in [0.3, 0.4) is 0 Å². The summed E-state index contributed by atoms with van der Waals surface area (Å²) in [6.45, 7) is 5.83. The summed E-state index contributed by atoms with van der Waals surface area (Å²) in [6.07, 6.45) is 0. The van der Waals surface area contributed by atoms with E-state index in [0.717, 1.165) is 28.3 Å². The topological polar surface area (TPSA) is 67.2 Å². The molecule has 0 aliphatic carbocycles. The summed E-state index contributed by atoms with van der Waals surface area (Å²) in [7, 11) is 1.88. The minimum Gasteiger partial charge on any atom is -0.478 e. The molecule has 19 heavy (non-hydrogen) atoms. The number of hydrogen-bond donors (Lipinski definition) is 2. The number of hydrogen-bond acceptors (Lipinski definition) is 3. The molecule has 0 saturated carbocycles. The lowest BCUT2D eigenvalue weighted by Gasteiger charge is -2.11. The molecule has 0 aliphatic rings. The zero-order chi connectivity index (χ0) is 14.2. The molecule has 0 amide bonds. The molecule has 0 spiro atoms. The van der Waals surface area contributed by atoms with E-state index in [1.165, 1.54) is 0 Å². The van der Waals surface area contributed by atoms with E-state index >= 15 is 0 Å². The molecular weight excluding hydrogens is 242 g/mol.